The van der Waals surface area contributed by atoms with Crippen molar-refractivity contribution in [3.63, 3.8) is 0 Å². The fourth-order valence-corrected chi connectivity index (χ4v) is 5.43. The van der Waals surface area contributed by atoms with E-state index in [1.807, 2.05) is 0 Å². The molecule has 4 atom stereocenters. The van der Waals surface area contributed by atoms with Crippen LogP contribution in [0, 0.1) is 22.7 Å². The molecule has 0 heterocycles. The zero-order valence-corrected chi connectivity index (χ0v) is 18.4. The molecular formula is C24H38O4. The standard InChI is InChI=1S/C24H38O4/c1-17-8-7-9-22-23(17,5)13-10-18(2)24(22,6)14-11-21(16-28-20(4)26)12-15-27-19(3)25/h11,18,22H,1,7-10,12-16H2,2-6H3/b21-11+. The summed E-state index contributed by atoms with van der Waals surface area (Å²) in [5, 5.41) is 0. The highest BCUT2D eigenvalue weighted by Gasteiger charge is 2.53. The normalized spacial score (nSPS) is 33.2. The van der Waals surface area contributed by atoms with Gasteiger partial charge < -0.3 is 9.47 Å². The van der Waals surface area contributed by atoms with E-state index in [9.17, 15) is 9.59 Å². The molecule has 158 valence electrons. The number of hydrogen-bond acceptors (Lipinski definition) is 4. The van der Waals surface area contributed by atoms with Crippen molar-refractivity contribution in [2.75, 3.05) is 13.2 Å². The van der Waals surface area contributed by atoms with Gasteiger partial charge in [-0.1, -0.05) is 39.0 Å². The van der Waals surface area contributed by atoms with Crippen molar-refractivity contribution in [3.8, 4) is 0 Å². The molecule has 0 spiro atoms. The van der Waals surface area contributed by atoms with Crippen LogP contribution in [0.25, 0.3) is 0 Å². The predicted molar refractivity (Wildman–Crippen MR) is 112 cm³/mol. The third-order valence-electron chi connectivity index (χ3n) is 7.59. The van der Waals surface area contributed by atoms with Gasteiger partial charge in [0.25, 0.3) is 0 Å². The molecule has 2 fully saturated rings. The van der Waals surface area contributed by atoms with Crippen LogP contribution in [-0.4, -0.2) is 25.2 Å². The number of ether oxygens (including phenoxy) is 2. The molecular weight excluding hydrogens is 352 g/mol. The Morgan fingerprint density at radius 1 is 1.18 bits per heavy atom. The van der Waals surface area contributed by atoms with E-state index in [0.717, 1.165) is 18.4 Å². The van der Waals surface area contributed by atoms with Gasteiger partial charge in [0.05, 0.1) is 6.61 Å². The molecule has 0 radical (unpaired) electrons. The molecule has 4 nitrogen and oxygen atoms in total. The van der Waals surface area contributed by atoms with E-state index in [2.05, 4.69) is 33.4 Å². The fourth-order valence-electron chi connectivity index (χ4n) is 5.43. The van der Waals surface area contributed by atoms with Gasteiger partial charge >= 0.3 is 11.9 Å². The van der Waals surface area contributed by atoms with Crippen LogP contribution in [-0.2, 0) is 19.1 Å². The molecule has 0 aromatic carbocycles. The van der Waals surface area contributed by atoms with Crippen molar-refractivity contribution in [2.45, 2.75) is 79.6 Å². The Balaban J connectivity index is 2.19. The summed E-state index contributed by atoms with van der Waals surface area (Å²) in [7, 11) is 0. The van der Waals surface area contributed by atoms with Crippen molar-refractivity contribution >= 4 is 11.9 Å². The summed E-state index contributed by atoms with van der Waals surface area (Å²) < 4.78 is 10.3. The Kier molecular flexibility index (Phi) is 7.52. The molecule has 2 saturated carbocycles. The molecule has 2 aliphatic rings. The average molecular weight is 391 g/mol. The maximum atomic E-state index is 11.3. The molecule has 0 aromatic heterocycles. The second-order valence-corrected chi connectivity index (χ2v) is 9.35. The van der Waals surface area contributed by atoms with Gasteiger partial charge in [0.1, 0.15) is 6.61 Å². The van der Waals surface area contributed by atoms with Crippen LogP contribution >= 0.6 is 0 Å². The summed E-state index contributed by atoms with van der Waals surface area (Å²) in [4.78, 5) is 22.4. The second-order valence-electron chi connectivity index (χ2n) is 9.35. The molecule has 0 bridgehead atoms. The minimum atomic E-state index is -0.285. The van der Waals surface area contributed by atoms with Crippen LogP contribution in [0.4, 0.5) is 0 Å². The first-order valence-corrected chi connectivity index (χ1v) is 10.7. The number of hydrogen-bond donors (Lipinski definition) is 0. The van der Waals surface area contributed by atoms with E-state index < -0.39 is 0 Å². The third-order valence-corrected chi connectivity index (χ3v) is 7.59. The van der Waals surface area contributed by atoms with Gasteiger partial charge in [-0.15, -0.1) is 0 Å². The Labute approximate surface area is 170 Å². The highest BCUT2D eigenvalue weighted by atomic mass is 16.5. The first-order valence-electron chi connectivity index (χ1n) is 10.7. The summed E-state index contributed by atoms with van der Waals surface area (Å²) in [5.41, 5.74) is 2.90. The Bertz CT molecular complexity index is 635. The third kappa shape index (κ3) is 5.07. The first kappa shape index (κ1) is 22.7. The number of carbonyl (C=O) groups is 2. The second kappa shape index (κ2) is 9.28. The van der Waals surface area contributed by atoms with Crippen LogP contribution in [0.1, 0.15) is 79.6 Å². The average Bonchev–Trinajstić information content (AvgIpc) is 2.62. The maximum Gasteiger partial charge on any atom is 0.302 e. The van der Waals surface area contributed by atoms with Crippen LogP contribution in [0.15, 0.2) is 23.8 Å². The predicted octanol–water partition coefficient (Wildman–Crippen LogP) is 5.62. The lowest BCUT2D eigenvalue weighted by Crippen LogP contribution is -2.50. The van der Waals surface area contributed by atoms with Crippen molar-refractivity contribution in [2.24, 2.45) is 22.7 Å². The number of allylic oxidation sites excluding steroid dienone is 2. The minimum absolute atomic E-state index is 0.194. The zero-order chi connectivity index (χ0) is 20.9. The SMILES string of the molecule is C=C1CCCC2C1(C)CCC(C)C2(C)C/C=C(\CCOC(C)=O)COC(C)=O. The van der Waals surface area contributed by atoms with Crippen molar-refractivity contribution in [1.82, 2.24) is 0 Å². The molecule has 0 aromatic rings. The van der Waals surface area contributed by atoms with Gasteiger partial charge in [-0.25, -0.2) is 0 Å². The smallest absolute Gasteiger partial charge is 0.302 e. The topological polar surface area (TPSA) is 52.6 Å². The van der Waals surface area contributed by atoms with Gasteiger partial charge in [-0.3, -0.25) is 9.59 Å². The number of rotatable bonds is 7. The summed E-state index contributed by atoms with van der Waals surface area (Å²) in [6.45, 7) is 15.1. The highest BCUT2D eigenvalue weighted by molar-refractivity contribution is 5.66. The largest absolute Gasteiger partial charge is 0.466 e. The van der Waals surface area contributed by atoms with Gasteiger partial charge in [0.2, 0.25) is 0 Å². The number of fused-ring (bicyclic) bond motifs is 1. The number of esters is 2. The Hall–Kier alpha value is -1.58. The van der Waals surface area contributed by atoms with Crippen LogP contribution < -0.4 is 0 Å². The van der Waals surface area contributed by atoms with Gasteiger partial charge in [0.15, 0.2) is 0 Å². The molecule has 0 aliphatic heterocycles. The molecule has 28 heavy (non-hydrogen) atoms. The Morgan fingerprint density at radius 3 is 2.50 bits per heavy atom. The van der Waals surface area contributed by atoms with E-state index in [1.165, 1.54) is 45.1 Å². The maximum absolute atomic E-state index is 11.3. The van der Waals surface area contributed by atoms with Crippen molar-refractivity contribution in [3.05, 3.63) is 23.8 Å². The van der Waals surface area contributed by atoms with Crippen molar-refractivity contribution in [1.29, 1.82) is 0 Å². The molecule has 2 aliphatic carbocycles. The summed E-state index contributed by atoms with van der Waals surface area (Å²) in [5.74, 6) is 0.698. The molecule has 4 unspecified atom stereocenters. The van der Waals surface area contributed by atoms with E-state index in [0.29, 0.717) is 24.9 Å². The fraction of sp³-hybridized carbons (Fsp3) is 0.750. The van der Waals surface area contributed by atoms with Gasteiger partial charge in [0, 0.05) is 20.3 Å². The highest BCUT2D eigenvalue weighted by Crippen LogP contribution is 2.62. The quantitative estimate of drug-likeness (QED) is 0.418. The minimum Gasteiger partial charge on any atom is -0.466 e. The van der Waals surface area contributed by atoms with E-state index >= 15 is 0 Å². The molecule has 4 heteroatoms. The van der Waals surface area contributed by atoms with Gasteiger partial charge in [-0.05, 0) is 66.8 Å². The molecule has 0 saturated heterocycles. The summed E-state index contributed by atoms with van der Waals surface area (Å²) in [6.07, 6.45) is 9.92. The summed E-state index contributed by atoms with van der Waals surface area (Å²) in [6, 6.07) is 0. The van der Waals surface area contributed by atoms with E-state index in [1.54, 1.807) is 0 Å². The first-order chi connectivity index (χ1) is 13.1. The van der Waals surface area contributed by atoms with Crippen LogP contribution in [0.3, 0.4) is 0 Å². The van der Waals surface area contributed by atoms with Crippen LogP contribution in [0.2, 0.25) is 0 Å². The van der Waals surface area contributed by atoms with Gasteiger partial charge in [-0.2, -0.15) is 0 Å². The lowest BCUT2D eigenvalue weighted by atomic mass is 9.46. The molecule has 0 amide bonds. The van der Waals surface area contributed by atoms with E-state index in [-0.39, 0.29) is 29.4 Å². The monoisotopic (exact) mass is 390 g/mol. The molecule has 0 N–H and O–H groups in total. The summed E-state index contributed by atoms with van der Waals surface area (Å²) >= 11 is 0. The van der Waals surface area contributed by atoms with Crippen LogP contribution in [0.5, 0.6) is 0 Å². The molecule has 2 rings (SSSR count). The zero-order valence-electron chi connectivity index (χ0n) is 18.4. The van der Waals surface area contributed by atoms with Crippen molar-refractivity contribution < 1.29 is 19.1 Å². The number of carbonyl (C=O) groups excluding carboxylic acids is 2. The Morgan fingerprint density at radius 2 is 1.86 bits per heavy atom. The lowest BCUT2D eigenvalue weighted by molar-refractivity contribution is -0.142. The van der Waals surface area contributed by atoms with E-state index in [4.69, 9.17) is 9.47 Å². The lowest BCUT2D eigenvalue weighted by Gasteiger charge is -2.58.